The number of carbonyl (C=O) groups is 1. The van der Waals surface area contributed by atoms with Crippen molar-refractivity contribution in [3.05, 3.63) is 35.9 Å². The van der Waals surface area contributed by atoms with E-state index in [1.165, 1.54) is 7.11 Å². The third-order valence-corrected chi connectivity index (χ3v) is 4.72. The molecule has 0 radical (unpaired) electrons. The van der Waals surface area contributed by atoms with Gasteiger partial charge in [-0.2, -0.15) is 0 Å². The second-order valence-electron chi connectivity index (χ2n) is 5.69. The van der Waals surface area contributed by atoms with Crippen molar-refractivity contribution in [2.45, 2.75) is 32.1 Å². The molecule has 0 heterocycles. The molecule has 0 aliphatic carbocycles. The van der Waals surface area contributed by atoms with Gasteiger partial charge in [-0.05, 0) is 24.4 Å². The molecule has 0 aliphatic heterocycles. The van der Waals surface area contributed by atoms with Crippen LogP contribution in [0.4, 0.5) is 0 Å². The molecule has 1 aromatic carbocycles. The highest BCUT2D eigenvalue weighted by Gasteiger charge is 2.21. The molecule has 2 N–H and O–H groups in total. The number of carbonyl (C=O) groups excluding carboxylic acids is 1. The van der Waals surface area contributed by atoms with Crippen LogP contribution in [0, 0.1) is 5.92 Å². The lowest BCUT2D eigenvalue weighted by molar-refractivity contribution is -0.144. The summed E-state index contributed by atoms with van der Waals surface area (Å²) < 4.78 is 31.2. The zero-order valence-corrected chi connectivity index (χ0v) is 14.7. The number of sulfonamides is 1. The molecule has 0 amide bonds. The molecule has 6 nitrogen and oxygen atoms in total. The average Bonchev–Trinajstić information content (AvgIpc) is 2.50. The van der Waals surface area contributed by atoms with E-state index in [4.69, 9.17) is 4.74 Å². The van der Waals surface area contributed by atoms with Gasteiger partial charge < -0.3 is 10.1 Å². The zero-order valence-electron chi connectivity index (χ0n) is 13.9. The van der Waals surface area contributed by atoms with Gasteiger partial charge >= 0.3 is 5.97 Å². The molecule has 0 fully saturated rings. The van der Waals surface area contributed by atoms with Gasteiger partial charge in [-0.25, -0.2) is 13.1 Å². The summed E-state index contributed by atoms with van der Waals surface area (Å²) in [7, 11) is -1.98. The van der Waals surface area contributed by atoms with Crippen LogP contribution in [-0.4, -0.2) is 40.6 Å². The van der Waals surface area contributed by atoms with Gasteiger partial charge in [-0.15, -0.1) is 0 Å². The quantitative estimate of drug-likeness (QED) is 0.494. The van der Waals surface area contributed by atoms with E-state index in [2.05, 4.69) is 10.0 Å². The van der Waals surface area contributed by atoms with E-state index in [-0.39, 0.29) is 23.7 Å². The highest BCUT2D eigenvalue weighted by molar-refractivity contribution is 7.88. The number of hydrogen-bond acceptors (Lipinski definition) is 5. The average molecular weight is 342 g/mol. The number of nitrogens with one attached hydrogen (secondary N) is 2. The summed E-state index contributed by atoms with van der Waals surface area (Å²) in [6.45, 7) is 4.72. The van der Waals surface area contributed by atoms with Crippen LogP contribution in [-0.2, 0) is 25.3 Å². The van der Waals surface area contributed by atoms with Crippen molar-refractivity contribution in [2.24, 2.45) is 5.92 Å². The van der Waals surface area contributed by atoms with Gasteiger partial charge in [0.1, 0.15) is 6.04 Å². The Labute approximate surface area is 138 Å². The maximum atomic E-state index is 12.0. The number of ether oxygens (including phenoxy) is 1. The fraction of sp³-hybridized carbons (Fsp3) is 0.562. The molecular formula is C16H26N2O4S. The predicted octanol–water partition coefficient (Wildman–Crippen LogP) is 1.28. The molecule has 1 aromatic rings. The fourth-order valence-corrected chi connectivity index (χ4v) is 3.33. The molecule has 0 bridgehead atoms. The zero-order chi connectivity index (χ0) is 17.3. The topological polar surface area (TPSA) is 84.5 Å². The first-order valence-corrected chi connectivity index (χ1v) is 9.33. The fourth-order valence-electron chi connectivity index (χ4n) is 2.14. The molecule has 0 unspecified atom stereocenters. The minimum Gasteiger partial charge on any atom is -0.468 e. The summed E-state index contributed by atoms with van der Waals surface area (Å²) in [5, 5.41) is 3.10. The van der Waals surface area contributed by atoms with Crippen molar-refractivity contribution in [1.82, 2.24) is 10.0 Å². The lowest BCUT2D eigenvalue weighted by Crippen LogP contribution is -2.42. The Morgan fingerprint density at radius 2 is 1.83 bits per heavy atom. The number of rotatable bonds is 10. The molecule has 7 heteroatoms. The number of hydrogen-bond donors (Lipinski definition) is 2. The van der Waals surface area contributed by atoms with E-state index in [9.17, 15) is 13.2 Å². The monoisotopic (exact) mass is 342 g/mol. The van der Waals surface area contributed by atoms with Gasteiger partial charge in [0.05, 0.1) is 12.9 Å². The van der Waals surface area contributed by atoms with Crippen LogP contribution in [0.1, 0.15) is 25.8 Å². The van der Waals surface area contributed by atoms with E-state index in [0.29, 0.717) is 19.5 Å². The SMILES string of the molecule is COC(=O)[C@@H](NCCCNS(=O)(=O)Cc1ccccc1)C(C)C. The minimum absolute atomic E-state index is 0.0297. The van der Waals surface area contributed by atoms with Gasteiger partial charge in [0.2, 0.25) is 10.0 Å². The summed E-state index contributed by atoms with van der Waals surface area (Å²) in [6.07, 6.45) is 0.592. The van der Waals surface area contributed by atoms with E-state index in [0.717, 1.165) is 5.56 Å². The molecule has 0 aliphatic rings. The lowest BCUT2D eigenvalue weighted by atomic mass is 10.0. The van der Waals surface area contributed by atoms with Crippen molar-refractivity contribution >= 4 is 16.0 Å². The molecule has 0 aromatic heterocycles. The molecular weight excluding hydrogens is 316 g/mol. The van der Waals surface area contributed by atoms with Crippen molar-refractivity contribution < 1.29 is 17.9 Å². The molecule has 0 spiro atoms. The highest BCUT2D eigenvalue weighted by atomic mass is 32.2. The summed E-state index contributed by atoms with van der Waals surface area (Å²) in [6, 6.07) is 8.67. The molecule has 0 saturated heterocycles. The van der Waals surface area contributed by atoms with Gasteiger partial charge in [0.15, 0.2) is 0 Å². The van der Waals surface area contributed by atoms with Gasteiger partial charge in [0, 0.05) is 6.54 Å². The number of methoxy groups -OCH3 is 1. The van der Waals surface area contributed by atoms with Crippen LogP contribution < -0.4 is 10.0 Å². The van der Waals surface area contributed by atoms with Crippen molar-refractivity contribution in [1.29, 1.82) is 0 Å². The summed E-state index contributed by atoms with van der Waals surface area (Å²) >= 11 is 0. The van der Waals surface area contributed by atoms with Gasteiger partial charge in [-0.3, -0.25) is 4.79 Å². The van der Waals surface area contributed by atoms with Crippen LogP contribution in [0.3, 0.4) is 0 Å². The van der Waals surface area contributed by atoms with E-state index in [1.807, 2.05) is 32.0 Å². The second kappa shape index (κ2) is 9.64. The predicted molar refractivity (Wildman–Crippen MR) is 90.3 cm³/mol. The molecule has 1 rings (SSSR count). The largest absolute Gasteiger partial charge is 0.468 e. The van der Waals surface area contributed by atoms with Crippen LogP contribution in [0.2, 0.25) is 0 Å². The minimum atomic E-state index is -3.34. The molecule has 130 valence electrons. The van der Waals surface area contributed by atoms with Gasteiger partial charge in [-0.1, -0.05) is 44.2 Å². The van der Waals surface area contributed by atoms with Crippen molar-refractivity contribution in [2.75, 3.05) is 20.2 Å². The van der Waals surface area contributed by atoms with E-state index >= 15 is 0 Å². The Bertz CT molecular complexity index is 573. The molecule has 1 atom stereocenters. The van der Waals surface area contributed by atoms with Crippen LogP contribution >= 0.6 is 0 Å². The maximum Gasteiger partial charge on any atom is 0.323 e. The standard InChI is InChI=1S/C16H26N2O4S/c1-13(2)15(16(19)22-3)17-10-7-11-18-23(20,21)12-14-8-5-4-6-9-14/h4-6,8-9,13,15,17-18H,7,10-12H2,1-3H3/t15-/m0/s1. The first-order valence-electron chi connectivity index (χ1n) is 7.68. The Morgan fingerprint density at radius 3 is 2.39 bits per heavy atom. The maximum absolute atomic E-state index is 12.0. The smallest absolute Gasteiger partial charge is 0.323 e. The van der Waals surface area contributed by atoms with Crippen LogP contribution in [0.5, 0.6) is 0 Å². The highest BCUT2D eigenvalue weighted by Crippen LogP contribution is 2.05. The van der Waals surface area contributed by atoms with Crippen LogP contribution in [0.25, 0.3) is 0 Å². The number of benzene rings is 1. The Kier molecular flexibility index (Phi) is 8.22. The third-order valence-electron chi connectivity index (χ3n) is 3.36. The van der Waals surface area contributed by atoms with Crippen LogP contribution in [0.15, 0.2) is 30.3 Å². The summed E-state index contributed by atoms with van der Waals surface area (Å²) in [5.74, 6) is -0.222. The van der Waals surface area contributed by atoms with Crippen molar-refractivity contribution in [3.8, 4) is 0 Å². The third kappa shape index (κ3) is 7.58. The Hall–Kier alpha value is -1.44. The molecule has 23 heavy (non-hydrogen) atoms. The first-order chi connectivity index (χ1) is 10.9. The second-order valence-corrected chi connectivity index (χ2v) is 7.50. The normalized spacial score (nSPS) is 13.0. The van der Waals surface area contributed by atoms with E-state index in [1.54, 1.807) is 12.1 Å². The Morgan fingerprint density at radius 1 is 1.17 bits per heavy atom. The lowest BCUT2D eigenvalue weighted by Gasteiger charge is -2.19. The van der Waals surface area contributed by atoms with Crippen molar-refractivity contribution in [3.63, 3.8) is 0 Å². The van der Waals surface area contributed by atoms with E-state index < -0.39 is 10.0 Å². The molecule has 0 saturated carbocycles. The Balaban J connectivity index is 2.32. The number of esters is 1. The summed E-state index contributed by atoms with van der Waals surface area (Å²) in [4.78, 5) is 11.6. The summed E-state index contributed by atoms with van der Waals surface area (Å²) in [5.41, 5.74) is 0.753. The first kappa shape index (κ1) is 19.6. The van der Waals surface area contributed by atoms with Gasteiger partial charge in [0.25, 0.3) is 0 Å².